The van der Waals surface area contributed by atoms with Crippen LogP contribution in [0.4, 0.5) is 11.5 Å². The summed E-state index contributed by atoms with van der Waals surface area (Å²) in [5.74, 6) is 0.593. The molecule has 22 heavy (non-hydrogen) atoms. The number of pyridine rings is 1. The Kier molecular flexibility index (Phi) is 4.08. The van der Waals surface area contributed by atoms with E-state index in [-0.39, 0.29) is 0 Å². The van der Waals surface area contributed by atoms with Crippen molar-refractivity contribution >= 4 is 34.2 Å². The number of nitrogens with zero attached hydrogens (tertiary/aromatic N) is 4. The topological polar surface area (TPSA) is 80.0 Å². The van der Waals surface area contributed by atoms with Crippen LogP contribution in [0.25, 0.3) is 10.9 Å². The van der Waals surface area contributed by atoms with Gasteiger partial charge in [-0.1, -0.05) is 30.0 Å². The molecule has 0 unspecified atom stereocenters. The number of hydrazine groups is 1. The van der Waals surface area contributed by atoms with Crippen LogP contribution in [-0.2, 0) is 0 Å². The number of fused-ring (bicyclic) bond motifs is 1. The highest BCUT2D eigenvalue weighted by atomic mass is 32.2. The van der Waals surface area contributed by atoms with E-state index in [4.69, 9.17) is 5.73 Å². The first kappa shape index (κ1) is 14.6. The lowest BCUT2D eigenvalue weighted by Crippen LogP contribution is -2.21. The summed E-state index contributed by atoms with van der Waals surface area (Å²) in [6.07, 6.45) is 3.29. The molecule has 0 saturated carbocycles. The average molecular weight is 312 g/mol. The number of nitrogens with one attached hydrogen (secondary N) is 1. The summed E-state index contributed by atoms with van der Waals surface area (Å²) in [6, 6.07) is 10.0. The number of hydrogen-bond acceptors (Lipinski definition) is 7. The highest BCUT2D eigenvalue weighted by Crippen LogP contribution is 2.35. The van der Waals surface area contributed by atoms with E-state index in [1.807, 2.05) is 44.4 Å². The number of nitrogen functional groups attached to an aromatic ring is 1. The molecule has 0 fully saturated rings. The molecule has 1 aromatic carbocycles. The molecule has 2 heterocycles. The van der Waals surface area contributed by atoms with Gasteiger partial charge in [-0.3, -0.25) is 4.98 Å². The summed E-state index contributed by atoms with van der Waals surface area (Å²) in [7, 11) is 3.76. The number of para-hydroxylation sites is 1. The maximum Gasteiger partial charge on any atom is 0.168 e. The van der Waals surface area contributed by atoms with Crippen molar-refractivity contribution in [3.05, 3.63) is 42.9 Å². The van der Waals surface area contributed by atoms with Gasteiger partial charge in [0.05, 0.1) is 5.52 Å². The lowest BCUT2D eigenvalue weighted by Gasteiger charge is -2.15. The number of nitrogens with two attached hydrogens (primary N) is 1. The Bertz CT molecular complexity index is 800. The van der Waals surface area contributed by atoms with E-state index in [2.05, 4.69) is 20.4 Å². The molecule has 0 aliphatic rings. The molecule has 3 aromatic rings. The summed E-state index contributed by atoms with van der Waals surface area (Å²) in [4.78, 5) is 13.9. The molecule has 6 nitrogen and oxygen atoms in total. The lowest BCUT2D eigenvalue weighted by atomic mass is 10.2. The fourth-order valence-corrected chi connectivity index (χ4v) is 2.95. The highest BCUT2D eigenvalue weighted by Gasteiger charge is 2.12. The van der Waals surface area contributed by atoms with E-state index in [0.717, 1.165) is 15.8 Å². The molecule has 7 heteroatoms. The van der Waals surface area contributed by atoms with E-state index in [1.54, 1.807) is 11.2 Å². The highest BCUT2D eigenvalue weighted by molar-refractivity contribution is 7.99. The number of rotatable bonds is 4. The van der Waals surface area contributed by atoms with E-state index >= 15 is 0 Å². The van der Waals surface area contributed by atoms with E-state index in [9.17, 15) is 0 Å². The molecule has 0 spiro atoms. The second-order valence-corrected chi connectivity index (χ2v) is 5.91. The van der Waals surface area contributed by atoms with Crippen LogP contribution in [0.15, 0.2) is 52.8 Å². The molecule has 0 saturated heterocycles. The Labute approximate surface area is 132 Å². The summed E-state index contributed by atoms with van der Waals surface area (Å²) in [5.41, 5.74) is 10.7. The Morgan fingerprint density at radius 2 is 1.91 bits per heavy atom. The Balaban J connectivity index is 1.99. The molecule has 2 aromatic heterocycles. The third-order valence-electron chi connectivity index (χ3n) is 2.98. The minimum absolute atomic E-state index is 0.522. The second kappa shape index (κ2) is 6.17. The van der Waals surface area contributed by atoms with Crippen LogP contribution in [0.3, 0.4) is 0 Å². The minimum Gasteiger partial charge on any atom is -0.393 e. The fourth-order valence-electron chi connectivity index (χ4n) is 2.02. The number of anilines is 2. The smallest absolute Gasteiger partial charge is 0.168 e. The average Bonchev–Trinajstić information content (AvgIpc) is 2.51. The molecular weight excluding hydrogens is 296 g/mol. The largest absolute Gasteiger partial charge is 0.393 e. The number of aromatic nitrogens is 3. The summed E-state index contributed by atoms with van der Waals surface area (Å²) in [6.45, 7) is 0. The monoisotopic (exact) mass is 312 g/mol. The maximum atomic E-state index is 6.17. The quantitative estimate of drug-likeness (QED) is 0.566. The van der Waals surface area contributed by atoms with Crippen LogP contribution in [0.1, 0.15) is 0 Å². The molecule has 0 amide bonds. The van der Waals surface area contributed by atoms with Gasteiger partial charge in [-0.15, -0.1) is 0 Å². The van der Waals surface area contributed by atoms with Crippen molar-refractivity contribution in [3.8, 4) is 0 Å². The molecule has 0 atom stereocenters. The van der Waals surface area contributed by atoms with Crippen molar-refractivity contribution in [3.63, 3.8) is 0 Å². The third kappa shape index (κ3) is 2.95. The van der Waals surface area contributed by atoms with Crippen LogP contribution >= 0.6 is 11.8 Å². The maximum absolute atomic E-state index is 6.17. The van der Waals surface area contributed by atoms with Crippen molar-refractivity contribution in [2.24, 2.45) is 0 Å². The van der Waals surface area contributed by atoms with Crippen LogP contribution in [0.2, 0.25) is 0 Å². The van der Waals surface area contributed by atoms with Gasteiger partial charge in [0.2, 0.25) is 0 Å². The number of benzene rings is 1. The zero-order valence-electron chi connectivity index (χ0n) is 12.3. The Morgan fingerprint density at radius 3 is 2.73 bits per heavy atom. The van der Waals surface area contributed by atoms with Crippen LogP contribution < -0.4 is 11.2 Å². The van der Waals surface area contributed by atoms with Crippen molar-refractivity contribution in [2.45, 2.75) is 9.92 Å². The van der Waals surface area contributed by atoms with Gasteiger partial charge in [0.1, 0.15) is 17.0 Å². The molecular formula is C15H16N6S. The second-order valence-electron chi connectivity index (χ2n) is 4.88. The molecule has 0 radical (unpaired) electrons. The van der Waals surface area contributed by atoms with Gasteiger partial charge in [0.15, 0.2) is 5.82 Å². The number of hydrogen-bond donors (Lipinski definition) is 2. The van der Waals surface area contributed by atoms with Gasteiger partial charge in [0.25, 0.3) is 0 Å². The zero-order chi connectivity index (χ0) is 15.5. The Hall–Kier alpha value is -2.38. The van der Waals surface area contributed by atoms with Crippen LogP contribution in [0, 0.1) is 0 Å². The van der Waals surface area contributed by atoms with Crippen molar-refractivity contribution in [1.82, 2.24) is 20.0 Å². The molecule has 3 rings (SSSR count). The van der Waals surface area contributed by atoms with Gasteiger partial charge < -0.3 is 11.2 Å². The van der Waals surface area contributed by atoms with Gasteiger partial charge >= 0.3 is 0 Å². The molecule has 3 N–H and O–H groups in total. The predicted molar refractivity (Wildman–Crippen MR) is 89.6 cm³/mol. The van der Waals surface area contributed by atoms with Crippen LogP contribution in [-0.4, -0.2) is 34.1 Å². The summed E-state index contributed by atoms with van der Waals surface area (Å²) < 4.78 is 0. The first-order chi connectivity index (χ1) is 10.6. The molecule has 112 valence electrons. The van der Waals surface area contributed by atoms with E-state index in [1.165, 1.54) is 18.1 Å². The predicted octanol–water partition coefficient (Wildman–Crippen LogP) is 2.65. The Morgan fingerprint density at radius 1 is 1.09 bits per heavy atom. The van der Waals surface area contributed by atoms with E-state index < -0.39 is 0 Å². The molecule has 0 aliphatic carbocycles. The minimum atomic E-state index is 0.522. The first-order valence-corrected chi connectivity index (χ1v) is 7.53. The van der Waals surface area contributed by atoms with Crippen molar-refractivity contribution in [1.29, 1.82) is 0 Å². The SMILES string of the molecule is CN(C)Nc1ncnc(Sc2cccc3cccnc23)c1N. The standard InChI is InChI=1S/C15H16N6S/c1-21(2)20-14-12(16)15(19-9-18-14)22-11-7-3-5-10-6-4-8-17-13(10)11/h3-9H,16H2,1-2H3,(H,18,19,20). The summed E-state index contributed by atoms with van der Waals surface area (Å²) >= 11 is 1.49. The van der Waals surface area contributed by atoms with Gasteiger partial charge in [-0.05, 0) is 12.1 Å². The zero-order valence-corrected chi connectivity index (χ0v) is 13.1. The van der Waals surface area contributed by atoms with E-state index in [0.29, 0.717) is 16.5 Å². The van der Waals surface area contributed by atoms with Crippen LogP contribution in [0.5, 0.6) is 0 Å². The van der Waals surface area contributed by atoms with Crippen molar-refractivity contribution < 1.29 is 0 Å². The van der Waals surface area contributed by atoms with Gasteiger partial charge in [0, 0.05) is 30.6 Å². The normalized spacial score (nSPS) is 11.0. The third-order valence-corrected chi connectivity index (χ3v) is 4.05. The molecule has 0 aliphatic heterocycles. The first-order valence-electron chi connectivity index (χ1n) is 6.71. The van der Waals surface area contributed by atoms with Gasteiger partial charge in [-0.25, -0.2) is 15.0 Å². The summed E-state index contributed by atoms with van der Waals surface area (Å²) in [5, 5.41) is 3.58. The van der Waals surface area contributed by atoms with Gasteiger partial charge in [-0.2, -0.15) is 0 Å². The molecule has 0 bridgehead atoms. The fraction of sp³-hybridized carbons (Fsp3) is 0.133. The van der Waals surface area contributed by atoms with Crippen molar-refractivity contribution in [2.75, 3.05) is 25.3 Å². The lowest BCUT2D eigenvalue weighted by molar-refractivity contribution is 0.492.